The first kappa shape index (κ1) is 32.0. The Labute approximate surface area is 141 Å². The second-order valence-electron chi connectivity index (χ2n) is 2.78. The first-order chi connectivity index (χ1) is 7.90. The molecule has 9 nitrogen and oxygen atoms in total. The van der Waals surface area contributed by atoms with Crippen molar-refractivity contribution in [2.24, 2.45) is 0 Å². The van der Waals surface area contributed by atoms with Crippen molar-refractivity contribution in [1.82, 2.24) is 0 Å². The normalized spacial score (nSPS) is 11.1. The van der Waals surface area contributed by atoms with Crippen LogP contribution in [-0.2, 0) is 23.8 Å². The van der Waals surface area contributed by atoms with Gasteiger partial charge in [0.15, 0.2) is 6.10 Å². The molecule has 110 valence electrons. The average Bonchev–Trinajstić information content (AvgIpc) is 2.29. The topological polar surface area (TPSA) is 155 Å². The number of carboxylic acid groups (broad SMARTS) is 1. The fourth-order valence-electron chi connectivity index (χ4n) is 0.588. The Balaban J connectivity index is -0.0000000655. The van der Waals surface area contributed by atoms with Gasteiger partial charge in [-0.3, -0.25) is 0 Å². The number of ether oxygens (including phenoxy) is 3. The van der Waals surface area contributed by atoms with Crippen LogP contribution in [0.3, 0.4) is 0 Å². The summed E-state index contributed by atoms with van der Waals surface area (Å²) in [6.45, 7) is -0.241. The molecule has 0 aliphatic rings. The quantitative estimate of drug-likeness (QED) is 0.357. The number of hydrogen-bond donors (Lipinski definition) is 2. The number of carbonyl (C=O) groups is 2. The van der Waals surface area contributed by atoms with E-state index in [1.165, 1.54) is 21.3 Å². The zero-order chi connectivity index (χ0) is 13.8. The van der Waals surface area contributed by atoms with Gasteiger partial charge in [0.05, 0.1) is 26.3 Å². The van der Waals surface area contributed by atoms with Gasteiger partial charge in [0.1, 0.15) is 6.10 Å². The first-order valence-electron chi connectivity index (χ1n) is 4.53. The standard InChI is InChI=1S/C5H10O4.C4H8O4.2Li.H2O/c1-8-3-4(6)5(7)9-2;1-8-2-3(5)4(6)7;;;/h4,6H,3H2,1-2H3;3,5H,2H2,1H3,(H,6,7);;;1H2/q;;2*+1;/p-2. The van der Waals surface area contributed by atoms with Gasteiger partial charge in [-0.15, -0.1) is 0 Å². The smallest absolute Gasteiger partial charge is 0.870 e. The number of esters is 1. The maximum Gasteiger partial charge on any atom is 1.00 e. The summed E-state index contributed by atoms with van der Waals surface area (Å²) < 4.78 is 13.0. The molecule has 2 atom stereocenters. The van der Waals surface area contributed by atoms with E-state index in [2.05, 4.69) is 14.2 Å². The minimum atomic E-state index is -1.51. The number of aliphatic carboxylic acids is 1. The Kier molecular flexibility index (Phi) is 34.0. The van der Waals surface area contributed by atoms with Gasteiger partial charge in [-0.25, -0.2) is 4.79 Å². The molecule has 0 aliphatic carbocycles. The summed E-state index contributed by atoms with van der Waals surface area (Å²) in [6.07, 6.45) is -2.65. The molecule has 0 fully saturated rings. The molecule has 0 saturated heterocycles. The molecule has 0 aliphatic heterocycles. The van der Waals surface area contributed by atoms with E-state index in [1.807, 2.05) is 0 Å². The van der Waals surface area contributed by atoms with Crippen LogP contribution < -0.4 is 42.8 Å². The molecule has 0 bridgehead atoms. The molecule has 0 radical (unpaired) electrons. The molecule has 0 aromatic carbocycles. The number of aliphatic hydroxyl groups is 2. The van der Waals surface area contributed by atoms with E-state index in [0.717, 1.165) is 0 Å². The van der Waals surface area contributed by atoms with E-state index in [-0.39, 0.29) is 56.4 Å². The minimum absolute atomic E-state index is 0. The zero-order valence-electron chi connectivity index (χ0n) is 12.4. The predicted molar refractivity (Wildman–Crippen MR) is 54.7 cm³/mol. The van der Waals surface area contributed by atoms with Crippen molar-refractivity contribution in [1.29, 1.82) is 0 Å². The third-order valence-corrected chi connectivity index (χ3v) is 1.39. The van der Waals surface area contributed by atoms with Gasteiger partial charge in [0, 0.05) is 14.2 Å². The van der Waals surface area contributed by atoms with Crippen molar-refractivity contribution >= 4 is 11.9 Å². The Morgan fingerprint density at radius 2 is 1.35 bits per heavy atom. The molecule has 0 heterocycles. The van der Waals surface area contributed by atoms with E-state index in [1.54, 1.807) is 0 Å². The number of carboxylic acids is 1. The molecule has 0 rings (SSSR count). The van der Waals surface area contributed by atoms with Crippen LogP contribution in [0.5, 0.6) is 0 Å². The van der Waals surface area contributed by atoms with Crippen molar-refractivity contribution < 1.29 is 82.3 Å². The number of carbonyl (C=O) groups excluding carboxylic acids is 2. The van der Waals surface area contributed by atoms with Gasteiger partial charge in [0.25, 0.3) is 0 Å². The summed E-state index contributed by atoms with van der Waals surface area (Å²) in [5.41, 5.74) is 0. The molecule has 0 amide bonds. The minimum Gasteiger partial charge on any atom is -0.870 e. The Bertz CT molecular complexity index is 227. The van der Waals surface area contributed by atoms with E-state index in [9.17, 15) is 14.7 Å². The fraction of sp³-hybridized carbons (Fsp3) is 0.778. The van der Waals surface area contributed by atoms with E-state index < -0.39 is 24.1 Å². The second-order valence-corrected chi connectivity index (χ2v) is 2.78. The molecule has 11 heteroatoms. The predicted octanol–water partition coefficient (Wildman–Crippen LogP) is -9.26. The summed E-state index contributed by atoms with van der Waals surface area (Å²) >= 11 is 0. The molecule has 0 spiro atoms. The van der Waals surface area contributed by atoms with Crippen molar-refractivity contribution in [3.05, 3.63) is 0 Å². The first-order valence-corrected chi connectivity index (χ1v) is 4.53. The van der Waals surface area contributed by atoms with Crippen molar-refractivity contribution in [3.8, 4) is 0 Å². The number of methoxy groups -OCH3 is 3. The fourth-order valence-corrected chi connectivity index (χ4v) is 0.588. The maximum atomic E-state index is 10.3. The molecule has 0 saturated carbocycles. The van der Waals surface area contributed by atoms with Crippen LogP contribution in [0.15, 0.2) is 0 Å². The SMILES string of the molecule is COCC(O)C(=O)OC.COCC(O)C(=O)[O-].[Li+].[Li+].[OH-]. The molecule has 20 heavy (non-hydrogen) atoms. The monoisotopic (exact) mass is 284 g/mol. The van der Waals surface area contributed by atoms with Crippen LogP contribution in [-0.4, -0.2) is 74.4 Å². The summed E-state index contributed by atoms with van der Waals surface area (Å²) in [5, 5.41) is 26.7. The summed E-state index contributed by atoms with van der Waals surface area (Å²) in [5.74, 6) is -2.18. The molecule has 3 N–H and O–H groups in total. The van der Waals surface area contributed by atoms with Gasteiger partial charge < -0.3 is 39.8 Å². The van der Waals surface area contributed by atoms with Crippen LogP contribution in [0.25, 0.3) is 0 Å². The van der Waals surface area contributed by atoms with Gasteiger partial charge in [0.2, 0.25) is 0 Å². The van der Waals surface area contributed by atoms with Crippen LogP contribution in [0.1, 0.15) is 0 Å². The van der Waals surface area contributed by atoms with Crippen LogP contribution >= 0.6 is 0 Å². The third kappa shape index (κ3) is 20.3. The molecule has 2 unspecified atom stereocenters. The third-order valence-electron chi connectivity index (χ3n) is 1.39. The molecular formula is C9H18Li2O9. The Hall–Kier alpha value is -0.0652. The maximum absolute atomic E-state index is 10.3. The number of rotatable bonds is 6. The van der Waals surface area contributed by atoms with Gasteiger partial charge in [-0.2, -0.15) is 0 Å². The van der Waals surface area contributed by atoms with E-state index in [4.69, 9.17) is 10.2 Å². The Morgan fingerprint density at radius 1 is 1.00 bits per heavy atom. The van der Waals surface area contributed by atoms with Crippen molar-refractivity contribution in [2.45, 2.75) is 12.2 Å². The van der Waals surface area contributed by atoms with Crippen LogP contribution in [0, 0.1) is 0 Å². The van der Waals surface area contributed by atoms with E-state index in [0.29, 0.717) is 0 Å². The van der Waals surface area contributed by atoms with Crippen molar-refractivity contribution in [2.75, 3.05) is 34.5 Å². The van der Waals surface area contributed by atoms with Gasteiger partial charge in [-0.1, -0.05) is 0 Å². The van der Waals surface area contributed by atoms with Gasteiger partial charge in [-0.05, 0) is 0 Å². The summed E-state index contributed by atoms with van der Waals surface area (Å²) in [7, 11) is 3.90. The second kappa shape index (κ2) is 21.2. The zero-order valence-corrected chi connectivity index (χ0v) is 12.4. The molecule has 0 aromatic rings. The summed E-state index contributed by atoms with van der Waals surface area (Å²) in [6, 6.07) is 0. The van der Waals surface area contributed by atoms with Crippen molar-refractivity contribution in [3.63, 3.8) is 0 Å². The largest absolute Gasteiger partial charge is 1.00 e. The van der Waals surface area contributed by atoms with E-state index >= 15 is 0 Å². The van der Waals surface area contributed by atoms with Crippen LogP contribution in [0.4, 0.5) is 0 Å². The Morgan fingerprint density at radius 3 is 1.55 bits per heavy atom. The number of hydrogen-bond acceptors (Lipinski definition) is 9. The molecular weight excluding hydrogens is 266 g/mol. The van der Waals surface area contributed by atoms with Crippen LogP contribution in [0.2, 0.25) is 0 Å². The van der Waals surface area contributed by atoms with Gasteiger partial charge >= 0.3 is 43.7 Å². The molecule has 0 aromatic heterocycles. The average molecular weight is 284 g/mol. The summed E-state index contributed by atoms with van der Waals surface area (Å²) in [4.78, 5) is 20.0. The number of aliphatic hydroxyl groups excluding tert-OH is 2.